The van der Waals surface area contributed by atoms with Crippen LogP contribution in [-0.4, -0.2) is 60.9 Å². The predicted molar refractivity (Wildman–Crippen MR) is 143 cm³/mol. The van der Waals surface area contributed by atoms with E-state index in [1.165, 1.54) is 6.07 Å². The number of benzene rings is 2. The molecule has 0 unspecified atom stereocenters. The van der Waals surface area contributed by atoms with Crippen molar-refractivity contribution in [2.24, 2.45) is 0 Å². The molecular weight excluding hydrogens is 493 g/mol. The molecule has 200 valence electrons. The molecule has 3 heterocycles. The summed E-state index contributed by atoms with van der Waals surface area (Å²) in [4.78, 5) is 3.33. The van der Waals surface area contributed by atoms with Gasteiger partial charge in [0.25, 0.3) is 0 Å². The van der Waals surface area contributed by atoms with Crippen LogP contribution in [0.25, 0.3) is 22.0 Å². The number of nitrogens with one attached hydrogen (secondary N) is 2. The maximum absolute atomic E-state index is 14.6. The first kappa shape index (κ1) is 26.3. The third-order valence-electron chi connectivity index (χ3n) is 7.74. The van der Waals surface area contributed by atoms with E-state index < -0.39 is 10.0 Å². The molecule has 0 aliphatic carbocycles. The molecule has 0 amide bonds. The first-order valence-electron chi connectivity index (χ1n) is 13.2. The second-order valence-corrected chi connectivity index (χ2v) is 12.4. The van der Waals surface area contributed by atoms with Gasteiger partial charge in [0.15, 0.2) is 0 Å². The van der Waals surface area contributed by atoms with Gasteiger partial charge in [-0.1, -0.05) is 0 Å². The zero-order valence-corrected chi connectivity index (χ0v) is 22.1. The van der Waals surface area contributed by atoms with Crippen LogP contribution in [0.4, 0.5) is 4.39 Å². The van der Waals surface area contributed by atoms with Crippen LogP contribution >= 0.6 is 0 Å². The lowest BCUT2D eigenvalue weighted by molar-refractivity contribution is 0.110. The molecule has 9 heteroatoms. The minimum atomic E-state index is -3.18. The standard InChI is InChI=1S/C28H36FN3O4S/c1-2-37(34,35)32-7-5-20(6-8-32)27-17-31-28-23(18-33)12-22(14-26(27)28)21-10-19(11-24(29)13-21)15-30-16-25-4-3-9-36-25/h10-14,17,20,25,30-31,33H,2-9,15-16,18H2,1H3/t25-/m1/s1. The first-order valence-corrected chi connectivity index (χ1v) is 14.8. The number of rotatable bonds is 9. The molecule has 1 atom stereocenters. The molecule has 3 N–H and O–H groups in total. The van der Waals surface area contributed by atoms with E-state index in [4.69, 9.17) is 4.74 Å². The topological polar surface area (TPSA) is 94.7 Å². The number of sulfonamides is 1. The third-order valence-corrected chi connectivity index (χ3v) is 9.62. The Kier molecular flexibility index (Phi) is 7.97. The van der Waals surface area contributed by atoms with Gasteiger partial charge >= 0.3 is 0 Å². The Morgan fingerprint density at radius 3 is 2.62 bits per heavy atom. The number of aromatic amines is 1. The number of aromatic nitrogens is 1. The number of nitrogens with zero attached hydrogens (tertiary/aromatic N) is 1. The van der Waals surface area contributed by atoms with Crippen LogP contribution in [0.5, 0.6) is 0 Å². The molecule has 2 aromatic carbocycles. The molecule has 0 radical (unpaired) electrons. The predicted octanol–water partition coefficient (Wildman–Crippen LogP) is 4.26. The molecule has 2 saturated heterocycles. The van der Waals surface area contributed by atoms with E-state index in [0.29, 0.717) is 19.6 Å². The highest BCUT2D eigenvalue weighted by molar-refractivity contribution is 7.89. The summed E-state index contributed by atoms with van der Waals surface area (Å²) in [6, 6.07) is 9.06. The Hall–Kier alpha value is -2.30. The average Bonchev–Trinajstić information content (AvgIpc) is 3.58. The summed E-state index contributed by atoms with van der Waals surface area (Å²) < 4.78 is 46.5. The van der Waals surface area contributed by atoms with Crippen molar-refractivity contribution in [2.45, 2.75) is 57.8 Å². The van der Waals surface area contributed by atoms with Crippen LogP contribution in [0.2, 0.25) is 0 Å². The van der Waals surface area contributed by atoms with E-state index in [1.54, 1.807) is 17.3 Å². The van der Waals surface area contributed by atoms with Crippen LogP contribution in [0.1, 0.15) is 55.2 Å². The van der Waals surface area contributed by atoms with E-state index in [-0.39, 0.29) is 30.2 Å². The Morgan fingerprint density at radius 2 is 1.92 bits per heavy atom. The molecular formula is C28H36FN3O4S. The van der Waals surface area contributed by atoms with E-state index in [1.807, 2.05) is 18.3 Å². The average molecular weight is 530 g/mol. The summed E-state index contributed by atoms with van der Waals surface area (Å²) in [5.41, 5.74) is 5.23. The lowest BCUT2D eigenvalue weighted by Gasteiger charge is -2.31. The van der Waals surface area contributed by atoms with Crippen molar-refractivity contribution in [1.29, 1.82) is 0 Å². The van der Waals surface area contributed by atoms with Gasteiger partial charge in [-0.25, -0.2) is 17.1 Å². The second kappa shape index (κ2) is 11.2. The Morgan fingerprint density at radius 1 is 1.14 bits per heavy atom. The molecule has 0 bridgehead atoms. The Labute approximate surface area is 218 Å². The van der Waals surface area contributed by atoms with Gasteiger partial charge in [0.05, 0.1) is 24.0 Å². The van der Waals surface area contributed by atoms with Crippen molar-refractivity contribution >= 4 is 20.9 Å². The van der Waals surface area contributed by atoms with Crippen LogP contribution < -0.4 is 5.32 Å². The van der Waals surface area contributed by atoms with Crippen LogP contribution in [0.3, 0.4) is 0 Å². The quantitative estimate of drug-likeness (QED) is 0.385. The normalized spacial score (nSPS) is 19.7. The van der Waals surface area contributed by atoms with Gasteiger partial charge in [0.2, 0.25) is 10.0 Å². The highest BCUT2D eigenvalue weighted by Crippen LogP contribution is 2.37. The highest BCUT2D eigenvalue weighted by Gasteiger charge is 2.29. The molecule has 2 aliphatic rings. The Bertz CT molecular complexity index is 1340. The molecule has 37 heavy (non-hydrogen) atoms. The summed E-state index contributed by atoms with van der Waals surface area (Å²) in [7, 11) is -3.18. The third kappa shape index (κ3) is 5.76. The number of aliphatic hydroxyl groups excluding tert-OH is 1. The number of ether oxygens (including phenoxy) is 1. The molecule has 0 spiro atoms. The van der Waals surface area contributed by atoms with Crippen molar-refractivity contribution < 1.29 is 22.7 Å². The number of halogens is 1. The molecule has 7 nitrogen and oxygen atoms in total. The summed E-state index contributed by atoms with van der Waals surface area (Å²) in [6.07, 6.45) is 5.83. The number of H-pyrrole nitrogens is 1. The van der Waals surface area contributed by atoms with E-state index in [9.17, 15) is 17.9 Å². The highest BCUT2D eigenvalue weighted by atomic mass is 32.2. The fourth-order valence-corrected chi connectivity index (χ4v) is 6.82. The van der Waals surface area contributed by atoms with Crippen LogP contribution in [-0.2, 0) is 27.9 Å². The molecule has 2 fully saturated rings. The first-order chi connectivity index (χ1) is 17.9. The molecule has 2 aliphatic heterocycles. The van der Waals surface area contributed by atoms with Gasteiger partial charge in [-0.3, -0.25) is 0 Å². The maximum Gasteiger partial charge on any atom is 0.213 e. The lowest BCUT2D eigenvalue weighted by atomic mass is 9.88. The van der Waals surface area contributed by atoms with Crippen LogP contribution in [0.15, 0.2) is 36.5 Å². The number of hydrogen-bond acceptors (Lipinski definition) is 5. The molecule has 5 rings (SSSR count). The summed E-state index contributed by atoms with van der Waals surface area (Å²) in [6.45, 7) is 4.66. The summed E-state index contributed by atoms with van der Waals surface area (Å²) >= 11 is 0. The minimum Gasteiger partial charge on any atom is -0.392 e. The van der Waals surface area contributed by atoms with Gasteiger partial charge in [0, 0.05) is 49.9 Å². The molecule has 3 aromatic rings. The second-order valence-electron chi connectivity index (χ2n) is 10.1. The van der Waals surface area contributed by atoms with Crippen molar-refractivity contribution in [3.05, 3.63) is 59.0 Å². The SMILES string of the molecule is CCS(=O)(=O)N1CCC(c2c[nH]c3c(CO)cc(-c4cc(F)cc(CNC[C@H]5CCCO5)c4)cc23)CC1. The van der Waals surface area contributed by atoms with Crippen molar-refractivity contribution in [1.82, 2.24) is 14.6 Å². The number of fused-ring (bicyclic) bond motifs is 1. The number of hydrogen-bond donors (Lipinski definition) is 3. The molecule has 0 saturated carbocycles. The van der Waals surface area contributed by atoms with Crippen molar-refractivity contribution in [3.63, 3.8) is 0 Å². The van der Waals surface area contributed by atoms with Gasteiger partial charge in [-0.15, -0.1) is 0 Å². The van der Waals surface area contributed by atoms with Crippen LogP contribution in [0, 0.1) is 5.82 Å². The molecule has 1 aromatic heterocycles. The van der Waals surface area contributed by atoms with Crippen molar-refractivity contribution in [2.75, 3.05) is 32.0 Å². The lowest BCUT2D eigenvalue weighted by Crippen LogP contribution is -2.38. The van der Waals surface area contributed by atoms with Gasteiger partial charge in [0.1, 0.15) is 5.82 Å². The Balaban J connectivity index is 1.40. The zero-order chi connectivity index (χ0) is 26.0. The van der Waals surface area contributed by atoms with E-state index in [2.05, 4.69) is 16.4 Å². The number of aliphatic hydroxyl groups is 1. The smallest absolute Gasteiger partial charge is 0.213 e. The van der Waals surface area contributed by atoms with Crippen molar-refractivity contribution in [3.8, 4) is 11.1 Å². The minimum absolute atomic E-state index is 0.119. The van der Waals surface area contributed by atoms with E-state index in [0.717, 1.165) is 77.6 Å². The van der Waals surface area contributed by atoms with Gasteiger partial charge in [-0.05, 0) is 91.1 Å². The fraction of sp³-hybridized carbons (Fsp3) is 0.500. The van der Waals surface area contributed by atoms with Gasteiger partial charge < -0.3 is 20.1 Å². The fourth-order valence-electron chi connectivity index (χ4n) is 5.69. The largest absolute Gasteiger partial charge is 0.392 e. The van der Waals surface area contributed by atoms with Gasteiger partial charge in [-0.2, -0.15) is 0 Å². The summed E-state index contributed by atoms with van der Waals surface area (Å²) in [5.74, 6) is 0.0350. The number of piperidine rings is 1. The van der Waals surface area contributed by atoms with E-state index >= 15 is 0 Å². The monoisotopic (exact) mass is 529 g/mol. The zero-order valence-electron chi connectivity index (χ0n) is 21.3. The maximum atomic E-state index is 14.6. The summed E-state index contributed by atoms with van der Waals surface area (Å²) in [5, 5.41) is 14.5.